The number of aliphatic hydroxyl groups is 1. The number of hydrogen-bond acceptors (Lipinski definition) is 3. The monoisotopic (exact) mass is 222 g/mol. The zero-order valence-corrected chi connectivity index (χ0v) is 9.20. The fraction of sp³-hybridized carbons (Fsp3) is 0.417. The Balaban J connectivity index is 2.80. The number of halogens is 1. The van der Waals surface area contributed by atoms with Crippen LogP contribution >= 0.6 is 0 Å². The molecule has 0 aromatic heterocycles. The second-order valence-electron chi connectivity index (χ2n) is 3.60. The van der Waals surface area contributed by atoms with E-state index in [1.54, 1.807) is 6.07 Å². The molecule has 1 unspecified atom stereocenters. The molecule has 0 saturated carbocycles. The minimum atomic E-state index is -0.430. The van der Waals surface area contributed by atoms with Gasteiger partial charge in [-0.15, -0.1) is 0 Å². The first-order valence-electron chi connectivity index (χ1n) is 5.27. The number of nitriles is 1. The summed E-state index contributed by atoms with van der Waals surface area (Å²) in [6.45, 7) is 2.07. The van der Waals surface area contributed by atoms with E-state index in [0.29, 0.717) is 17.7 Å². The lowest BCUT2D eigenvalue weighted by molar-refractivity contribution is 0.278. The lowest BCUT2D eigenvalue weighted by Gasteiger charge is -2.17. The maximum atomic E-state index is 13.1. The zero-order chi connectivity index (χ0) is 12.0. The van der Waals surface area contributed by atoms with Crippen LogP contribution in [0.5, 0.6) is 0 Å². The van der Waals surface area contributed by atoms with E-state index in [1.807, 2.05) is 13.0 Å². The predicted octanol–water partition coefficient (Wildman–Crippen LogP) is 2.27. The van der Waals surface area contributed by atoms with Gasteiger partial charge in [-0.3, -0.25) is 0 Å². The minimum absolute atomic E-state index is 0.0892. The second kappa shape index (κ2) is 6.09. The Morgan fingerprint density at radius 2 is 2.25 bits per heavy atom. The molecule has 0 radical (unpaired) electrons. The van der Waals surface area contributed by atoms with Gasteiger partial charge in [-0.25, -0.2) is 4.39 Å². The van der Waals surface area contributed by atoms with Gasteiger partial charge in [0, 0.05) is 18.3 Å². The van der Waals surface area contributed by atoms with Gasteiger partial charge < -0.3 is 10.4 Å². The Labute approximate surface area is 94.5 Å². The van der Waals surface area contributed by atoms with Crippen molar-refractivity contribution in [2.75, 3.05) is 11.9 Å². The van der Waals surface area contributed by atoms with Crippen LogP contribution < -0.4 is 5.32 Å². The van der Waals surface area contributed by atoms with Crippen LogP contribution in [0.25, 0.3) is 0 Å². The summed E-state index contributed by atoms with van der Waals surface area (Å²) in [5.41, 5.74) is 0.873. The van der Waals surface area contributed by atoms with E-state index in [0.717, 1.165) is 6.42 Å². The van der Waals surface area contributed by atoms with Gasteiger partial charge in [0.05, 0.1) is 11.6 Å². The van der Waals surface area contributed by atoms with Crippen LogP contribution in [-0.4, -0.2) is 17.8 Å². The van der Waals surface area contributed by atoms with E-state index in [1.165, 1.54) is 12.1 Å². The minimum Gasteiger partial charge on any atom is -0.396 e. The van der Waals surface area contributed by atoms with E-state index in [-0.39, 0.29) is 12.6 Å². The summed E-state index contributed by atoms with van der Waals surface area (Å²) in [5.74, 6) is -0.430. The Kier molecular flexibility index (Phi) is 4.74. The Bertz CT molecular complexity index is 387. The van der Waals surface area contributed by atoms with Crippen LogP contribution in [0.3, 0.4) is 0 Å². The third kappa shape index (κ3) is 3.52. The molecule has 0 amide bonds. The van der Waals surface area contributed by atoms with Crippen LogP contribution in [-0.2, 0) is 0 Å². The van der Waals surface area contributed by atoms with Gasteiger partial charge in [-0.1, -0.05) is 6.92 Å². The molecule has 1 rings (SSSR count). The molecule has 0 bridgehead atoms. The number of nitrogens with zero attached hydrogens (tertiary/aromatic N) is 1. The first kappa shape index (κ1) is 12.5. The Morgan fingerprint density at radius 1 is 1.50 bits per heavy atom. The number of benzene rings is 1. The van der Waals surface area contributed by atoms with Gasteiger partial charge in [-0.05, 0) is 31.0 Å². The van der Waals surface area contributed by atoms with Crippen LogP contribution in [0.4, 0.5) is 10.1 Å². The molecule has 0 aliphatic carbocycles. The van der Waals surface area contributed by atoms with E-state index in [9.17, 15) is 4.39 Å². The molecule has 0 aliphatic rings. The summed E-state index contributed by atoms with van der Waals surface area (Å²) in [5, 5.41) is 20.6. The van der Waals surface area contributed by atoms with E-state index >= 15 is 0 Å². The lowest BCUT2D eigenvalue weighted by Crippen LogP contribution is -2.19. The molecular formula is C12H15FN2O. The van der Waals surface area contributed by atoms with Crippen LogP contribution in [0.1, 0.15) is 25.3 Å². The zero-order valence-electron chi connectivity index (χ0n) is 9.20. The average molecular weight is 222 g/mol. The first-order chi connectivity index (χ1) is 7.69. The van der Waals surface area contributed by atoms with Crippen molar-refractivity contribution in [1.29, 1.82) is 5.26 Å². The van der Waals surface area contributed by atoms with E-state index < -0.39 is 5.82 Å². The number of anilines is 1. The summed E-state index contributed by atoms with van der Waals surface area (Å²) < 4.78 is 13.1. The van der Waals surface area contributed by atoms with E-state index in [4.69, 9.17) is 10.4 Å². The molecule has 3 nitrogen and oxygen atoms in total. The molecule has 0 fully saturated rings. The lowest BCUT2D eigenvalue weighted by atomic mass is 10.1. The molecule has 0 spiro atoms. The summed E-state index contributed by atoms with van der Waals surface area (Å²) in [4.78, 5) is 0. The highest BCUT2D eigenvalue weighted by Gasteiger charge is 2.07. The van der Waals surface area contributed by atoms with Gasteiger partial charge >= 0.3 is 0 Å². The highest BCUT2D eigenvalue weighted by molar-refractivity contribution is 5.50. The quantitative estimate of drug-likeness (QED) is 0.803. The molecule has 4 heteroatoms. The fourth-order valence-electron chi connectivity index (χ4n) is 1.51. The third-order valence-electron chi connectivity index (χ3n) is 2.37. The highest BCUT2D eigenvalue weighted by atomic mass is 19.1. The predicted molar refractivity (Wildman–Crippen MR) is 60.5 cm³/mol. The Morgan fingerprint density at radius 3 is 2.81 bits per heavy atom. The summed E-state index contributed by atoms with van der Waals surface area (Å²) in [7, 11) is 0. The van der Waals surface area contributed by atoms with Gasteiger partial charge in [0.2, 0.25) is 0 Å². The maximum Gasteiger partial charge on any atom is 0.126 e. The molecule has 2 N–H and O–H groups in total. The number of hydrogen-bond donors (Lipinski definition) is 2. The Hall–Kier alpha value is -1.60. The van der Waals surface area contributed by atoms with Crippen molar-refractivity contribution >= 4 is 5.69 Å². The van der Waals surface area contributed by atoms with Crippen molar-refractivity contribution in [1.82, 2.24) is 0 Å². The van der Waals surface area contributed by atoms with E-state index in [2.05, 4.69) is 5.32 Å². The first-order valence-corrected chi connectivity index (χ1v) is 5.27. The summed E-state index contributed by atoms with van der Waals surface area (Å²) >= 11 is 0. The molecule has 0 saturated heterocycles. The van der Waals surface area contributed by atoms with Crippen molar-refractivity contribution in [3.8, 4) is 6.07 Å². The second-order valence-corrected chi connectivity index (χ2v) is 3.60. The molecule has 1 aromatic carbocycles. The number of aliphatic hydroxyl groups excluding tert-OH is 1. The van der Waals surface area contributed by atoms with Gasteiger partial charge in [-0.2, -0.15) is 5.26 Å². The van der Waals surface area contributed by atoms with Crippen molar-refractivity contribution in [3.05, 3.63) is 29.6 Å². The smallest absolute Gasteiger partial charge is 0.126 e. The summed E-state index contributed by atoms with van der Waals surface area (Å²) in [6.07, 6.45) is 1.44. The topological polar surface area (TPSA) is 56.0 Å². The molecule has 1 atom stereocenters. The molecule has 0 heterocycles. The average Bonchev–Trinajstić information content (AvgIpc) is 2.27. The number of nitrogens with one attached hydrogen (secondary N) is 1. The van der Waals surface area contributed by atoms with Gasteiger partial charge in [0.15, 0.2) is 0 Å². The fourth-order valence-corrected chi connectivity index (χ4v) is 1.51. The van der Waals surface area contributed by atoms with Gasteiger partial charge in [0.25, 0.3) is 0 Å². The molecule has 16 heavy (non-hydrogen) atoms. The molecule has 1 aromatic rings. The molecule has 86 valence electrons. The van der Waals surface area contributed by atoms with Crippen LogP contribution in [0.15, 0.2) is 18.2 Å². The normalized spacial score (nSPS) is 11.9. The van der Waals surface area contributed by atoms with Crippen molar-refractivity contribution in [2.45, 2.75) is 25.8 Å². The maximum absolute atomic E-state index is 13.1. The van der Waals surface area contributed by atoms with Crippen molar-refractivity contribution in [3.63, 3.8) is 0 Å². The number of rotatable bonds is 5. The molecule has 0 aliphatic heterocycles. The third-order valence-corrected chi connectivity index (χ3v) is 2.37. The largest absolute Gasteiger partial charge is 0.396 e. The molecular weight excluding hydrogens is 207 g/mol. The standard InChI is InChI=1S/C12H15FN2O/c1-2-11(3-4-16)15-12-6-9(8-14)5-10(13)7-12/h5-7,11,15-16H,2-4H2,1H3. The van der Waals surface area contributed by atoms with Crippen molar-refractivity contribution in [2.24, 2.45) is 0 Å². The van der Waals surface area contributed by atoms with Gasteiger partial charge in [0.1, 0.15) is 5.82 Å². The highest BCUT2D eigenvalue weighted by Crippen LogP contribution is 2.16. The van der Waals surface area contributed by atoms with Crippen molar-refractivity contribution < 1.29 is 9.50 Å². The summed E-state index contributed by atoms with van der Waals surface area (Å²) in [6, 6.07) is 6.14. The van der Waals surface area contributed by atoms with Crippen LogP contribution in [0.2, 0.25) is 0 Å². The SMILES string of the molecule is CCC(CCO)Nc1cc(F)cc(C#N)c1. The van der Waals surface area contributed by atoms with Crippen LogP contribution in [0, 0.1) is 17.1 Å².